The number of hydrogen-bond donors (Lipinski definition) is 2. The lowest BCUT2D eigenvalue weighted by molar-refractivity contribution is -0.161. The van der Waals surface area contributed by atoms with Crippen LogP contribution in [0.5, 0.6) is 0 Å². The Kier molecular flexibility index (Phi) is 36.6. The molecule has 0 aromatic rings. The first kappa shape index (κ1) is 48.8. The summed E-state index contributed by atoms with van der Waals surface area (Å²) in [6, 6.07) is 0. The highest BCUT2D eigenvalue weighted by Crippen LogP contribution is 2.43. The fourth-order valence-corrected chi connectivity index (χ4v) is 6.56. The van der Waals surface area contributed by atoms with E-state index < -0.39 is 26.5 Å². The van der Waals surface area contributed by atoms with Crippen LogP contribution in [0.2, 0.25) is 0 Å². The number of nitrogens with two attached hydrogens (primary N) is 1. The Morgan fingerprint density at radius 1 is 0.580 bits per heavy atom. The lowest BCUT2D eigenvalue weighted by Gasteiger charge is -2.19. The van der Waals surface area contributed by atoms with Gasteiger partial charge in [-0.15, -0.1) is 0 Å². The molecule has 10 heteroatoms. The molecule has 296 valence electrons. The highest BCUT2D eigenvalue weighted by molar-refractivity contribution is 7.47. The number of carbonyl (C=O) groups excluding carboxylic acids is 2. The summed E-state index contributed by atoms with van der Waals surface area (Å²) in [5.74, 6) is -0.832. The molecule has 0 fully saturated rings. The summed E-state index contributed by atoms with van der Waals surface area (Å²) in [7, 11) is -4.37. The molecule has 50 heavy (non-hydrogen) atoms. The molecule has 1 unspecified atom stereocenters. The van der Waals surface area contributed by atoms with Crippen LogP contribution in [0.25, 0.3) is 0 Å². The summed E-state index contributed by atoms with van der Waals surface area (Å²) >= 11 is 0. The molecule has 0 saturated heterocycles. The summed E-state index contributed by atoms with van der Waals surface area (Å²) in [4.78, 5) is 34.7. The zero-order valence-electron chi connectivity index (χ0n) is 32.4. The molecule has 0 heterocycles. The highest BCUT2D eigenvalue weighted by Gasteiger charge is 2.26. The van der Waals surface area contributed by atoms with E-state index in [0.717, 1.165) is 57.8 Å². The Bertz CT molecular complexity index is 840. The van der Waals surface area contributed by atoms with Gasteiger partial charge in [0.2, 0.25) is 0 Å². The van der Waals surface area contributed by atoms with Crippen molar-refractivity contribution in [1.82, 2.24) is 0 Å². The van der Waals surface area contributed by atoms with Crippen LogP contribution in [-0.2, 0) is 32.7 Å². The van der Waals surface area contributed by atoms with E-state index in [9.17, 15) is 19.0 Å². The van der Waals surface area contributed by atoms with Crippen molar-refractivity contribution in [3.8, 4) is 0 Å². The van der Waals surface area contributed by atoms with Crippen molar-refractivity contribution in [2.24, 2.45) is 5.73 Å². The van der Waals surface area contributed by atoms with Gasteiger partial charge in [-0.3, -0.25) is 18.6 Å². The number of phosphoric acid groups is 1. The average Bonchev–Trinajstić information content (AvgIpc) is 3.10. The minimum atomic E-state index is -4.37. The standard InChI is InChI=1S/C40H78NO8P/c1-3-5-7-9-11-13-15-16-17-18-19-20-21-23-24-26-28-30-32-39(42)46-36-38(37-48-50(44,45)47-35-34-41)49-40(43)33-31-29-27-25-22-14-12-10-8-6-4-2/h10,12,38H,3-9,11,13-37,41H2,1-2H3,(H,44,45)/b12-10-/t38-/m1/s1. The molecule has 0 spiro atoms. The number of phosphoric ester groups is 1. The minimum absolute atomic E-state index is 0.0546. The summed E-state index contributed by atoms with van der Waals surface area (Å²) in [6.07, 6.45) is 36.7. The second-order valence-corrected chi connectivity index (χ2v) is 15.3. The van der Waals surface area contributed by atoms with E-state index in [1.807, 2.05) is 0 Å². The Morgan fingerprint density at radius 2 is 1.00 bits per heavy atom. The van der Waals surface area contributed by atoms with Crippen LogP contribution < -0.4 is 5.73 Å². The Labute approximate surface area is 307 Å². The maximum atomic E-state index is 12.5. The molecule has 0 bridgehead atoms. The molecule has 0 aromatic heterocycles. The van der Waals surface area contributed by atoms with Crippen molar-refractivity contribution in [3.05, 3.63) is 12.2 Å². The van der Waals surface area contributed by atoms with Crippen molar-refractivity contribution < 1.29 is 37.6 Å². The van der Waals surface area contributed by atoms with Gasteiger partial charge in [0.15, 0.2) is 6.10 Å². The van der Waals surface area contributed by atoms with Gasteiger partial charge >= 0.3 is 19.8 Å². The molecule has 0 aliphatic rings. The molecule has 0 aliphatic heterocycles. The molecule has 3 N–H and O–H groups in total. The van der Waals surface area contributed by atoms with Gasteiger partial charge in [0.25, 0.3) is 0 Å². The van der Waals surface area contributed by atoms with Gasteiger partial charge in [-0.1, -0.05) is 167 Å². The largest absolute Gasteiger partial charge is 0.472 e. The Morgan fingerprint density at radius 3 is 1.48 bits per heavy atom. The van der Waals surface area contributed by atoms with E-state index in [0.29, 0.717) is 6.42 Å². The normalized spacial score (nSPS) is 13.4. The van der Waals surface area contributed by atoms with E-state index in [4.69, 9.17) is 24.3 Å². The SMILES string of the molecule is CCCC/C=C\CCCCCCCC(=O)O[C@H](COC(=O)CCCCCCCCCCCCCCCCCCCC)COP(=O)(O)OCCN. The van der Waals surface area contributed by atoms with Gasteiger partial charge in [0.05, 0.1) is 13.2 Å². The van der Waals surface area contributed by atoms with Gasteiger partial charge in [-0.2, -0.15) is 0 Å². The molecule has 0 amide bonds. The number of hydrogen-bond acceptors (Lipinski definition) is 8. The molecule has 0 radical (unpaired) electrons. The maximum Gasteiger partial charge on any atom is 0.472 e. The van der Waals surface area contributed by atoms with E-state index in [-0.39, 0.29) is 38.6 Å². The third-order valence-corrected chi connectivity index (χ3v) is 9.89. The lowest BCUT2D eigenvalue weighted by Crippen LogP contribution is -2.29. The number of allylic oxidation sites excluding steroid dienone is 2. The third kappa shape index (κ3) is 36.5. The molecule has 9 nitrogen and oxygen atoms in total. The summed E-state index contributed by atoms with van der Waals surface area (Å²) in [6.45, 7) is 3.70. The third-order valence-electron chi connectivity index (χ3n) is 8.90. The van der Waals surface area contributed by atoms with Crippen LogP contribution in [0.3, 0.4) is 0 Å². The molecular weight excluding hydrogens is 653 g/mol. The Balaban J connectivity index is 4.09. The van der Waals surface area contributed by atoms with Gasteiger partial charge in [-0.25, -0.2) is 4.57 Å². The van der Waals surface area contributed by atoms with Crippen molar-refractivity contribution >= 4 is 19.8 Å². The summed E-state index contributed by atoms with van der Waals surface area (Å²) in [5, 5.41) is 0. The van der Waals surface area contributed by atoms with Crippen molar-refractivity contribution in [3.63, 3.8) is 0 Å². The van der Waals surface area contributed by atoms with Gasteiger partial charge in [0, 0.05) is 19.4 Å². The average molecular weight is 732 g/mol. The second kappa shape index (κ2) is 37.5. The highest BCUT2D eigenvalue weighted by atomic mass is 31.2. The van der Waals surface area contributed by atoms with E-state index in [1.54, 1.807) is 0 Å². The smallest absolute Gasteiger partial charge is 0.462 e. The predicted octanol–water partition coefficient (Wildman–Crippen LogP) is 11.4. The minimum Gasteiger partial charge on any atom is -0.462 e. The van der Waals surface area contributed by atoms with Crippen molar-refractivity contribution in [1.29, 1.82) is 0 Å². The molecule has 0 aliphatic carbocycles. The fourth-order valence-electron chi connectivity index (χ4n) is 5.79. The van der Waals surface area contributed by atoms with Crippen molar-refractivity contribution in [2.45, 2.75) is 206 Å². The molecule has 2 atom stereocenters. The number of carbonyl (C=O) groups is 2. The molecule has 0 saturated carbocycles. The molecule has 0 aromatic carbocycles. The van der Waals surface area contributed by atoms with Crippen LogP contribution >= 0.6 is 7.82 Å². The first-order chi connectivity index (χ1) is 24.3. The zero-order chi connectivity index (χ0) is 36.8. The van der Waals surface area contributed by atoms with Gasteiger partial charge < -0.3 is 20.1 Å². The van der Waals surface area contributed by atoms with Gasteiger partial charge in [-0.05, 0) is 32.1 Å². The fraction of sp³-hybridized carbons (Fsp3) is 0.900. The summed E-state index contributed by atoms with van der Waals surface area (Å²) < 4.78 is 32.7. The second-order valence-electron chi connectivity index (χ2n) is 13.9. The maximum absolute atomic E-state index is 12.5. The monoisotopic (exact) mass is 732 g/mol. The number of unbranched alkanes of at least 4 members (excludes halogenated alkanes) is 24. The quantitative estimate of drug-likeness (QED) is 0.0274. The van der Waals surface area contributed by atoms with Crippen LogP contribution in [0, 0.1) is 0 Å². The van der Waals surface area contributed by atoms with Crippen LogP contribution in [0.1, 0.15) is 200 Å². The molecular formula is C40H78NO8P. The zero-order valence-corrected chi connectivity index (χ0v) is 33.3. The number of rotatable bonds is 39. The number of ether oxygens (including phenoxy) is 2. The van der Waals surface area contributed by atoms with E-state index >= 15 is 0 Å². The molecule has 0 rings (SSSR count). The van der Waals surface area contributed by atoms with E-state index in [2.05, 4.69) is 26.0 Å². The number of esters is 2. The van der Waals surface area contributed by atoms with Gasteiger partial charge in [0.1, 0.15) is 6.61 Å². The first-order valence-corrected chi connectivity index (χ1v) is 22.2. The Hall–Kier alpha value is -1.25. The van der Waals surface area contributed by atoms with Crippen LogP contribution in [0.4, 0.5) is 0 Å². The topological polar surface area (TPSA) is 134 Å². The lowest BCUT2D eigenvalue weighted by atomic mass is 10.0. The first-order valence-electron chi connectivity index (χ1n) is 20.7. The van der Waals surface area contributed by atoms with Crippen LogP contribution in [0.15, 0.2) is 12.2 Å². The van der Waals surface area contributed by atoms with Crippen LogP contribution in [-0.4, -0.2) is 49.3 Å². The predicted molar refractivity (Wildman–Crippen MR) is 206 cm³/mol. The summed E-state index contributed by atoms with van der Waals surface area (Å²) in [5.41, 5.74) is 5.33. The van der Waals surface area contributed by atoms with E-state index in [1.165, 1.54) is 109 Å². The van der Waals surface area contributed by atoms with Crippen molar-refractivity contribution in [2.75, 3.05) is 26.4 Å².